The first kappa shape index (κ1) is 17.0. The summed E-state index contributed by atoms with van der Waals surface area (Å²) in [5.74, 6) is 0.613. The molecule has 1 aromatic rings. The average Bonchev–Trinajstić information content (AvgIpc) is 2.41. The van der Waals surface area contributed by atoms with E-state index in [4.69, 9.17) is 5.73 Å². The summed E-state index contributed by atoms with van der Waals surface area (Å²) < 4.78 is 0. The third-order valence-corrected chi connectivity index (χ3v) is 3.62. The molecular weight excluding hydrogens is 274 g/mol. The molecule has 0 saturated carbocycles. The molecule has 0 aromatic heterocycles. The van der Waals surface area contributed by atoms with E-state index in [2.05, 4.69) is 22.3 Å². The van der Waals surface area contributed by atoms with E-state index in [1.54, 1.807) is 0 Å². The van der Waals surface area contributed by atoms with Gasteiger partial charge in [0, 0.05) is 25.7 Å². The second-order valence-corrected chi connectivity index (χ2v) is 5.36. The number of benzene rings is 1. The van der Waals surface area contributed by atoms with Crippen molar-refractivity contribution in [1.82, 2.24) is 4.90 Å². The molecular formula is C15H24ClN3O. The van der Waals surface area contributed by atoms with Gasteiger partial charge in [-0.2, -0.15) is 0 Å². The first-order chi connectivity index (χ1) is 9.17. The molecule has 1 aromatic carbocycles. The van der Waals surface area contributed by atoms with E-state index in [0.717, 1.165) is 31.9 Å². The van der Waals surface area contributed by atoms with Crippen molar-refractivity contribution in [2.75, 3.05) is 25.0 Å². The maximum absolute atomic E-state index is 11.0. The average molecular weight is 298 g/mol. The van der Waals surface area contributed by atoms with E-state index in [-0.39, 0.29) is 18.3 Å². The number of rotatable bonds is 4. The molecule has 0 radical (unpaired) electrons. The Balaban J connectivity index is 0.00000200. The van der Waals surface area contributed by atoms with Crippen LogP contribution in [0.5, 0.6) is 0 Å². The van der Waals surface area contributed by atoms with Crippen molar-refractivity contribution in [3.8, 4) is 0 Å². The number of likely N-dealkylation sites (tertiary alicyclic amines) is 1. The number of carbonyl (C=O) groups excluding carboxylic acids is 1. The van der Waals surface area contributed by atoms with Gasteiger partial charge in [-0.1, -0.05) is 12.1 Å². The summed E-state index contributed by atoms with van der Waals surface area (Å²) in [5, 5.41) is 2.78. The van der Waals surface area contributed by atoms with Gasteiger partial charge in [-0.05, 0) is 49.5 Å². The van der Waals surface area contributed by atoms with Crippen LogP contribution in [0.1, 0.15) is 25.3 Å². The van der Waals surface area contributed by atoms with E-state index >= 15 is 0 Å². The van der Waals surface area contributed by atoms with Gasteiger partial charge < -0.3 is 11.1 Å². The van der Waals surface area contributed by atoms with Crippen molar-refractivity contribution in [2.24, 2.45) is 11.7 Å². The SMILES string of the molecule is CC(=O)Nc1ccc(CN2CCCC(CN)C2)cc1.Cl. The minimum absolute atomic E-state index is 0. The first-order valence-corrected chi connectivity index (χ1v) is 6.96. The summed E-state index contributed by atoms with van der Waals surface area (Å²) in [6.07, 6.45) is 2.50. The summed E-state index contributed by atoms with van der Waals surface area (Å²) in [7, 11) is 0. The van der Waals surface area contributed by atoms with Crippen molar-refractivity contribution in [2.45, 2.75) is 26.3 Å². The summed E-state index contributed by atoms with van der Waals surface area (Å²) in [4.78, 5) is 13.4. The number of carbonyl (C=O) groups is 1. The van der Waals surface area contributed by atoms with Crippen LogP contribution in [0.3, 0.4) is 0 Å². The molecule has 2 rings (SSSR count). The number of nitrogens with zero attached hydrogens (tertiary/aromatic N) is 1. The molecule has 1 unspecified atom stereocenters. The second-order valence-electron chi connectivity index (χ2n) is 5.36. The van der Waals surface area contributed by atoms with Gasteiger partial charge in [0.2, 0.25) is 5.91 Å². The highest BCUT2D eigenvalue weighted by molar-refractivity contribution is 5.88. The van der Waals surface area contributed by atoms with Gasteiger partial charge in [-0.15, -0.1) is 12.4 Å². The summed E-state index contributed by atoms with van der Waals surface area (Å²) in [6.45, 7) is 5.54. The zero-order valence-electron chi connectivity index (χ0n) is 12.0. The molecule has 1 aliphatic rings. The van der Waals surface area contributed by atoms with Crippen LogP contribution in [0.25, 0.3) is 0 Å². The summed E-state index contributed by atoms with van der Waals surface area (Å²) in [6, 6.07) is 8.08. The lowest BCUT2D eigenvalue weighted by Gasteiger charge is -2.32. The number of hydrogen-bond donors (Lipinski definition) is 2. The number of nitrogens with two attached hydrogens (primary N) is 1. The van der Waals surface area contributed by atoms with Gasteiger partial charge in [0.05, 0.1) is 0 Å². The zero-order chi connectivity index (χ0) is 13.7. The standard InChI is InChI=1S/C15H23N3O.ClH/c1-12(19)17-15-6-4-13(5-7-15)10-18-8-2-3-14(9-16)11-18;/h4-7,14H,2-3,8-11,16H2,1H3,(H,17,19);1H. The number of halogens is 1. The van der Waals surface area contributed by atoms with E-state index in [1.165, 1.54) is 25.3 Å². The van der Waals surface area contributed by atoms with Crippen LogP contribution in [0.15, 0.2) is 24.3 Å². The smallest absolute Gasteiger partial charge is 0.221 e. The molecule has 0 bridgehead atoms. The molecule has 20 heavy (non-hydrogen) atoms. The van der Waals surface area contributed by atoms with Crippen LogP contribution in [0, 0.1) is 5.92 Å². The third kappa shape index (κ3) is 5.12. The maximum atomic E-state index is 11.0. The monoisotopic (exact) mass is 297 g/mol. The Labute approximate surface area is 127 Å². The van der Waals surface area contributed by atoms with Crippen LogP contribution in [-0.4, -0.2) is 30.4 Å². The molecule has 0 aliphatic carbocycles. The summed E-state index contributed by atoms with van der Waals surface area (Å²) in [5.41, 5.74) is 7.90. The normalized spacial score (nSPS) is 19.2. The lowest BCUT2D eigenvalue weighted by atomic mass is 9.98. The van der Waals surface area contributed by atoms with Gasteiger partial charge in [-0.3, -0.25) is 9.69 Å². The molecule has 1 aliphatic heterocycles. The van der Waals surface area contributed by atoms with Crippen LogP contribution < -0.4 is 11.1 Å². The van der Waals surface area contributed by atoms with Crippen LogP contribution in [0.2, 0.25) is 0 Å². The molecule has 0 spiro atoms. The molecule has 1 heterocycles. The molecule has 112 valence electrons. The Morgan fingerprint density at radius 2 is 2.10 bits per heavy atom. The number of amides is 1. The van der Waals surface area contributed by atoms with Crippen molar-refractivity contribution in [3.05, 3.63) is 29.8 Å². The molecule has 1 saturated heterocycles. The van der Waals surface area contributed by atoms with Gasteiger partial charge in [0.1, 0.15) is 0 Å². The Kier molecular flexibility index (Phi) is 6.99. The topological polar surface area (TPSA) is 58.4 Å². The Morgan fingerprint density at radius 3 is 2.70 bits per heavy atom. The van der Waals surface area contributed by atoms with Crippen LogP contribution in [-0.2, 0) is 11.3 Å². The largest absolute Gasteiger partial charge is 0.330 e. The number of anilines is 1. The lowest BCUT2D eigenvalue weighted by molar-refractivity contribution is -0.114. The fraction of sp³-hybridized carbons (Fsp3) is 0.533. The predicted octanol–water partition coefficient (Wildman–Crippen LogP) is 2.24. The lowest BCUT2D eigenvalue weighted by Crippen LogP contribution is -2.37. The van der Waals surface area contributed by atoms with Crippen molar-refractivity contribution >= 4 is 24.0 Å². The minimum Gasteiger partial charge on any atom is -0.330 e. The molecule has 4 nitrogen and oxygen atoms in total. The minimum atomic E-state index is -0.0328. The van der Waals surface area contributed by atoms with Crippen molar-refractivity contribution in [1.29, 1.82) is 0 Å². The van der Waals surface area contributed by atoms with Crippen molar-refractivity contribution in [3.63, 3.8) is 0 Å². The molecule has 5 heteroatoms. The van der Waals surface area contributed by atoms with E-state index in [9.17, 15) is 4.79 Å². The predicted molar refractivity (Wildman–Crippen MR) is 85.0 cm³/mol. The van der Waals surface area contributed by atoms with E-state index in [0.29, 0.717) is 5.92 Å². The van der Waals surface area contributed by atoms with Crippen molar-refractivity contribution < 1.29 is 4.79 Å². The van der Waals surface area contributed by atoms with E-state index in [1.807, 2.05) is 12.1 Å². The highest BCUT2D eigenvalue weighted by Crippen LogP contribution is 2.18. The summed E-state index contributed by atoms with van der Waals surface area (Å²) >= 11 is 0. The Bertz CT molecular complexity index is 422. The van der Waals surface area contributed by atoms with Gasteiger partial charge in [0.25, 0.3) is 0 Å². The number of hydrogen-bond acceptors (Lipinski definition) is 3. The van der Waals surface area contributed by atoms with Crippen LogP contribution in [0.4, 0.5) is 5.69 Å². The Morgan fingerprint density at radius 1 is 1.40 bits per heavy atom. The van der Waals surface area contributed by atoms with Crippen LogP contribution >= 0.6 is 12.4 Å². The third-order valence-electron chi connectivity index (χ3n) is 3.62. The molecule has 3 N–H and O–H groups in total. The fourth-order valence-electron chi connectivity index (χ4n) is 2.64. The first-order valence-electron chi connectivity index (χ1n) is 6.96. The zero-order valence-corrected chi connectivity index (χ0v) is 12.8. The second kappa shape index (κ2) is 8.25. The van der Waals surface area contributed by atoms with Gasteiger partial charge in [0.15, 0.2) is 0 Å². The highest BCUT2D eigenvalue weighted by Gasteiger charge is 2.18. The Hall–Kier alpha value is -1.10. The molecule has 1 atom stereocenters. The quantitative estimate of drug-likeness (QED) is 0.896. The van der Waals surface area contributed by atoms with Gasteiger partial charge >= 0.3 is 0 Å². The number of piperidine rings is 1. The maximum Gasteiger partial charge on any atom is 0.221 e. The van der Waals surface area contributed by atoms with Gasteiger partial charge in [-0.25, -0.2) is 0 Å². The van der Waals surface area contributed by atoms with E-state index < -0.39 is 0 Å². The highest BCUT2D eigenvalue weighted by atomic mass is 35.5. The fourth-order valence-corrected chi connectivity index (χ4v) is 2.64. The number of nitrogens with one attached hydrogen (secondary N) is 1. The molecule has 1 amide bonds. The molecule has 1 fully saturated rings.